The lowest BCUT2D eigenvalue weighted by Gasteiger charge is -2.41. The van der Waals surface area contributed by atoms with Crippen LogP contribution in [0.15, 0.2) is 18.2 Å². The predicted molar refractivity (Wildman–Crippen MR) is 72.8 cm³/mol. The van der Waals surface area contributed by atoms with Gasteiger partial charge in [0, 0.05) is 13.0 Å². The van der Waals surface area contributed by atoms with Crippen molar-refractivity contribution >= 4 is 0 Å². The van der Waals surface area contributed by atoms with Crippen molar-refractivity contribution in [3.05, 3.63) is 23.8 Å². The lowest BCUT2D eigenvalue weighted by molar-refractivity contribution is -0.162. The van der Waals surface area contributed by atoms with Crippen LogP contribution in [0.4, 0.5) is 0 Å². The van der Waals surface area contributed by atoms with Gasteiger partial charge >= 0.3 is 0 Å². The number of aliphatic hydroxyl groups excluding tert-OH is 1. The van der Waals surface area contributed by atoms with E-state index >= 15 is 0 Å². The first-order valence-corrected chi connectivity index (χ1v) is 6.76. The fraction of sp³-hybridized carbons (Fsp3) is 0.600. The molecule has 0 amide bonds. The second kappa shape index (κ2) is 6.26. The summed E-state index contributed by atoms with van der Waals surface area (Å²) in [5.74, 6) is 1.42. The summed E-state index contributed by atoms with van der Waals surface area (Å²) >= 11 is 0. The highest BCUT2D eigenvalue weighted by Gasteiger charge is 2.43. The summed E-state index contributed by atoms with van der Waals surface area (Å²) in [5.41, 5.74) is 1.12. The van der Waals surface area contributed by atoms with E-state index in [9.17, 15) is 5.11 Å². The van der Waals surface area contributed by atoms with Gasteiger partial charge in [0.2, 0.25) is 0 Å². The van der Waals surface area contributed by atoms with Crippen LogP contribution in [-0.2, 0) is 4.74 Å². The van der Waals surface area contributed by atoms with Crippen molar-refractivity contribution in [3.63, 3.8) is 0 Å². The number of rotatable bonds is 6. The van der Waals surface area contributed by atoms with Crippen LogP contribution in [0.3, 0.4) is 0 Å². The Bertz CT molecular complexity index is 419. The van der Waals surface area contributed by atoms with Crippen molar-refractivity contribution in [1.29, 1.82) is 0 Å². The SMILES string of the molecule is CCCOC1C(O)CC1Oc1ccc(C)cc1OC. The molecule has 1 aliphatic carbocycles. The largest absolute Gasteiger partial charge is 0.493 e. The number of aryl methyl sites for hydroxylation is 1. The van der Waals surface area contributed by atoms with Crippen molar-refractivity contribution in [1.82, 2.24) is 0 Å². The highest BCUT2D eigenvalue weighted by Crippen LogP contribution is 2.34. The fourth-order valence-electron chi connectivity index (χ4n) is 2.18. The zero-order valence-corrected chi connectivity index (χ0v) is 11.8. The average Bonchev–Trinajstić information content (AvgIpc) is 2.40. The number of ether oxygens (including phenoxy) is 3. The van der Waals surface area contributed by atoms with E-state index in [-0.39, 0.29) is 12.2 Å². The van der Waals surface area contributed by atoms with Crippen molar-refractivity contribution in [2.45, 2.75) is 45.0 Å². The molecule has 2 rings (SSSR count). The average molecular weight is 266 g/mol. The van der Waals surface area contributed by atoms with Gasteiger partial charge in [-0.2, -0.15) is 0 Å². The Kier molecular flexibility index (Phi) is 4.66. The van der Waals surface area contributed by atoms with Crippen LogP contribution in [0, 0.1) is 6.92 Å². The Balaban J connectivity index is 2.01. The molecule has 4 heteroatoms. The second-order valence-corrected chi connectivity index (χ2v) is 4.95. The van der Waals surface area contributed by atoms with Crippen molar-refractivity contribution in [2.75, 3.05) is 13.7 Å². The summed E-state index contributed by atoms with van der Waals surface area (Å²) in [6.45, 7) is 4.70. The van der Waals surface area contributed by atoms with Gasteiger partial charge in [0.15, 0.2) is 11.5 Å². The molecule has 0 heterocycles. The maximum atomic E-state index is 9.72. The smallest absolute Gasteiger partial charge is 0.161 e. The molecule has 1 N–H and O–H groups in total. The number of aliphatic hydroxyl groups is 1. The molecule has 0 radical (unpaired) electrons. The molecule has 1 aromatic carbocycles. The van der Waals surface area contributed by atoms with Crippen LogP contribution in [0.5, 0.6) is 11.5 Å². The van der Waals surface area contributed by atoms with E-state index in [1.165, 1.54) is 0 Å². The van der Waals surface area contributed by atoms with Crippen molar-refractivity contribution < 1.29 is 19.3 Å². The predicted octanol–water partition coefficient (Wildman–Crippen LogP) is 2.31. The summed E-state index contributed by atoms with van der Waals surface area (Å²) in [4.78, 5) is 0. The maximum absolute atomic E-state index is 9.72. The van der Waals surface area contributed by atoms with E-state index in [0.29, 0.717) is 18.8 Å². The summed E-state index contributed by atoms with van der Waals surface area (Å²) in [7, 11) is 1.63. The minimum absolute atomic E-state index is 0.0989. The van der Waals surface area contributed by atoms with Gasteiger partial charge in [-0.15, -0.1) is 0 Å². The summed E-state index contributed by atoms with van der Waals surface area (Å²) in [6.07, 6.45) is 0.784. The van der Waals surface area contributed by atoms with Gasteiger partial charge in [-0.1, -0.05) is 13.0 Å². The van der Waals surface area contributed by atoms with E-state index < -0.39 is 6.10 Å². The molecule has 1 fully saturated rings. The molecule has 1 aromatic rings. The number of methoxy groups -OCH3 is 1. The molecule has 0 bridgehead atoms. The van der Waals surface area contributed by atoms with E-state index in [2.05, 4.69) is 0 Å². The van der Waals surface area contributed by atoms with E-state index in [4.69, 9.17) is 14.2 Å². The molecule has 1 saturated carbocycles. The quantitative estimate of drug-likeness (QED) is 0.858. The Hall–Kier alpha value is -1.26. The zero-order valence-electron chi connectivity index (χ0n) is 11.8. The molecule has 4 nitrogen and oxygen atoms in total. The summed E-state index contributed by atoms with van der Waals surface area (Å²) in [5, 5.41) is 9.72. The first-order valence-electron chi connectivity index (χ1n) is 6.76. The van der Waals surface area contributed by atoms with Crippen molar-refractivity contribution in [3.8, 4) is 11.5 Å². The molecular formula is C15H22O4. The van der Waals surface area contributed by atoms with Crippen LogP contribution >= 0.6 is 0 Å². The highest BCUT2D eigenvalue weighted by atomic mass is 16.6. The van der Waals surface area contributed by atoms with Crippen LogP contribution < -0.4 is 9.47 Å². The zero-order chi connectivity index (χ0) is 13.8. The van der Waals surface area contributed by atoms with Gasteiger partial charge < -0.3 is 19.3 Å². The van der Waals surface area contributed by atoms with Gasteiger partial charge in [-0.25, -0.2) is 0 Å². The summed E-state index contributed by atoms with van der Waals surface area (Å²) < 4.78 is 16.8. The third kappa shape index (κ3) is 3.19. The van der Waals surface area contributed by atoms with Crippen LogP contribution in [0.1, 0.15) is 25.3 Å². The Morgan fingerprint density at radius 1 is 1.32 bits per heavy atom. The molecule has 3 unspecified atom stereocenters. The van der Waals surface area contributed by atoms with Gasteiger partial charge in [0.05, 0.1) is 13.2 Å². The minimum atomic E-state index is -0.423. The molecule has 0 saturated heterocycles. The van der Waals surface area contributed by atoms with E-state index in [1.807, 2.05) is 32.0 Å². The molecule has 19 heavy (non-hydrogen) atoms. The number of hydrogen-bond donors (Lipinski definition) is 1. The highest BCUT2D eigenvalue weighted by molar-refractivity contribution is 5.42. The molecule has 0 spiro atoms. The monoisotopic (exact) mass is 266 g/mol. The van der Waals surface area contributed by atoms with Gasteiger partial charge in [-0.05, 0) is 31.0 Å². The Morgan fingerprint density at radius 3 is 2.74 bits per heavy atom. The van der Waals surface area contributed by atoms with Gasteiger partial charge in [0.25, 0.3) is 0 Å². The van der Waals surface area contributed by atoms with Crippen LogP contribution in [0.25, 0.3) is 0 Å². The topological polar surface area (TPSA) is 47.9 Å². The first-order chi connectivity index (χ1) is 9.15. The molecule has 0 aromatic heterocycles. The molecule has 106 valence electrons. The number of hydrogen-bond acceptors (Lipinski definition) is 4. The lowest BCUT2D eigenvalue weighted by Crippen LogP contribution is -2.55. The third-order valence-corrected chi connectivity index (χ3v) is 3.33. The maximum Gasteiger partial charge on any atom is 0.161 e. The first kappa shape index (κ1) is 14.2. The molecular weight excluding hydrogens is 244 g/mol. The third-order valence-electron chi connectivity index (χ3n) is 3.33. The molecule has 0 aliphatic heterocycles. The van der Waals surface area contributed by atoms with Gasteiger partial charge in [0.1, 0.15) is 12.2 Å². The fourth-order valence-corrected chi connectivity index (χ4v) is 2.18. The van der Waals surface area contributed by atoms with Crippen LogP contribution in [-0.4, -0.2) is 37.1 Å². The summed E-state index contributed by atoms with van der Waals surface area (Å²) in [6, 6.07) is 5.82. The van der Waals surface area contributed by atoms with E-state index in [0.717, 1.165) is 17.7 Å². The molecule has 1 aliphatic rings. The van der Waals surface area contributed by atoms with Gasteiger partial charge in [-0.3, -0.25) is 0 Å². The Labute approximate surface area is 114 Å². The Morgan fingerprint density at radius 2 is 2.11 bits per heavy atom. The lowest BCUT2D eigenvalue weighted by atomic mass is 9.88. The standard InChI is InChI=1S/C15H22O4/c1-4-7-18-15-11(16)9-14(15)19-12-6-5-10(2)8-13(12)17-3/h5-6,8,11,14-16H,4,7,9H2,1-3H3. The second-order valence-electron chi connectivity index (χ2n) is 4.95. The minimum Gasteiger partial charge on any atom is -0.493 e. The van der Waals surface area contributed by atoms with E-state index in [1.54, 1.807) is 7.11 Å². The molecule has 3 atom stereocenters. The normalized spacial score (nSPS) is 25.8. The van der Waals surface area contributed by atoms with Crippen LogP contribution in [0.2, 0.25) is 0 Å². The van der Waals surface area contributed by atoms with Crippen molar-refractivity contribution in [2.24, 2.45) is 0 Å². The number of benzene rings is 1.